The molecule has 0 unspecified atom stereocenters. The Kier molecular flexibility index (Phi) is 3.68. The van der Waals surface area contributed by atoms with Crippen LogP contribution in [0.5, 0.6) is 0 Å². The van der Waals surface area contributed by atoms with Crippen molar-refractivity contribution in [3.8, 4) is 0 Å². The van der Waals surface area contributed by atoms with Crippen molar-refractivity contribution in [3.05, 3.63) is 76.0 Å². The number of carbonyl (C=O) groups excluding carboxylic acids is 1. The van der Waals surface area contributed by atoms with Crippen molar-refractivity contribution in [1.82, 2.24) is 4.98 Å². The van der Waals surface area contributed by atoms with Crippen LogP contribution < -0.4 is 0 Å². The minimum Gasteiger partial charge on any atom is -0.289 e. The van der Waals surface area contributed by atoms with E-state index >= 15 is 0 Å². The summed E-state index contributed by atoms with van der Waals surface area (Å²) in [5.74, 6) is 0.146. The number of ketones is 1. The second-order valence-corrected chi connectivity index (χ2v) is 6.78. The zero-order chi connectivity index (χ0) is 16.7. The number of benzene rings is 2. The molecule has 4 rings (SSSR count). The fourth-order valence-electron chi connectivity index (χ4n) is 3.75. The van der Waals surface area contributed by atoms with Gasteiger partial charge in [-0.25, -0.2) is 0 Å². The molecule has 0 radical (unpaired) electrons. The number of pyridine rings is 1. The third-order valence-electron chi connectivity index (χ3n) is 5.03. The van der Waals surface area contributed by atoms with Gasteiger partial charge in [-0.1, -0.05) is 35.9 Å². The lowest BCUT2D eigenvalue weighted by Gasteiger charge is -2.20. The van der Waals surface area contributed by atoms with Gasteiger partial charge in [0.25, 0.3) is 0 Å². The van der Waals surface area contributed by atoms with Crippen molar-refractivity contribution in [1.29, 1.82) is 0 Å². The van der Waals surface area contributed by atoms with Crippen LogP contribution in [0.4, 0.5) is 0 Å². The van der Waals surface area contributed by atoms with Gasteiger partial charge in [-0.3, -0.25) is 9.78 Å². The molecular formula is C22H21NO. The topological polar surface area (TPSA) is 30.0 Å². The van der Waals surface area contributed by atoms with Crippen LogP contribution in [0.15, 0.2) is 42.5 Å². The summed E-state index contributed by atoms with van der Waals surface area (Å²) in [6, 6.07) is 14.2. The molecular weight excluding hydrogens is 294 g/mol. The summed E-state index contributed by atoms with van der Waals surface area (Å²) < 4.78 is 0. The molecule has 0 aliphatic heterocycles. The van der Waals surface area contributed by atoms with Crippen LogP contribution in [-0.4, -0.2) is 10.8 Å². The molecule has 1 aliphatic carbocycles. The predicted octanol–water partition coefficient (Wildman–Crippen LogP) is 4.96. The Morgan fingerprint density at radius 2 is 1.79 bits per heavy atom. The fraction of sp³-hybridized carbons (Fsp3) is 0.273. The van der Waals surface area contributed by atoms with E-state index in [1.807, 2.05) is 50.2 Å². The van der Waals surface area contributed by atoms with Crippen LogP contribution in [-0.2, 0) is 12.8 Å². The van der Waals surface area contributed by atoms with Gasteiger partial charge in [0.05, 0.1) is 5.52 Å². The normalized spacial score (nSPS) is 13.8. The van der Waals surface area contributed by atoms with E-state index in [2.05, 4.69) is 6.07 Å². The summed E-state index contributed by atoms with van der Waals surface area (Å²) in [5.41, 5.74) is 7.08. The number of nitrogens with zero attached hydrogens (tertiary/aromatic N) is 1. The first-order valence-electron chi connectivity index (χ1n) is 8.67. The minimum atomic E-state index is 0.146. The van der Waals surface area contributed by atoms with Crippen LogP contribution >= 0.6 is 0 Å². The first kappa shape index (κ1) is 15.1. The first-order chi connectivity index (χ1) is 11.6. The summed E-state index contributed by atoms with van der Waals surface area (Å²) in [5, 5.41) is 0.990. The predicted molar refractivity (Wildman–Crippen MR) is 97.7 cm³/mol. The molecule has 0 spiro atoms. The zero-order valence-electron chi connectivity index (χ0n) is 14.2. The minimum absolute atomic E-state index is 0.146. The molecule has 2 nitrogen and oxygen atoms in total. The van der Waals surface area contributed by atoms with Crippen molar-refractivity contribution in [2.75, 3.05) is 0 Å². The second kappa shape index (κ2) is 5.86. The number of carbonyl (C=O) groups is 1. The molecule has 0 amide bonds. The molecule has 1 heterocycles. The van der Waals surface area contributed by atoms with Gasteiger partial charge < -0.3 is 0 Å². The van der Waals surface area contributed by atoms with Gasteiger partial charge >= 0.3 is 0 Å². The van der Waals surface area contributed by atoms with Gasteiger partial charge in [-0.2, -0.15) is 0 Å². The summed E-state index contributed by atoms with van der Waals surface area (Å²) in [6.07, 6.45) is 4.24. The van der Waals surface area contributed by atoms with Crippen molar-refractivity contribution >= 4 is 16.7 Å². The lowest BCUT2D eigenvalue weighted by molar-refractivity contribution is 0.103. The van der Waals surface area contributed by atoms with Crippen molar-refractivity contribution < 1.29 is 4.79 Å². The average molecular weight is 315 g/mol. The second-order valence-electron chi connectivity index (χ2n) is 6.78. The lowest BCUT2D eigenvalue weighted by atomic mass is 9.85. The molecule has 3 aromatic rings. The quantitative estimate of drug-likeness (QED) is 0.626. The van der Waals surface area contributed by atoms with Crippen molar-refractivity contribution in [3.63, 3.8) is 0 Å². The number of hydrogen-bond acceptors (Lipinski definition) is 2. The lowest BCUT2D eigenvalue weighted by Crippen LogP contribution is -2.15. The van der Waals surface area contributed by atoms with E-state index in [4.69, 9.17) is 4.98 Å². The highest BCUT2D eigenvalue weighted by Gasteiger charge is 2.24. The Balaban J connectivity index is 2.01. The summed E-state index contributed by atoms with van der Waals surface area (Å²) in [7, 11) is 0. The molecule has 24 heavy (non-hydrogen) atoms. The van der Waals surface area contributed by atoms with E-state index in [0.717, 1.165) is 64.5 Å². The molecule has 0 saturated heterocycles. The number of hydrogen-bond donors (Lipinski definition) is 0. The number of aryl methyl sites for hydroxylation is 3. The van der Waals surface area contributed by atoms with Crippen LogP contribution in [0.1, 0.15) is 51.1 Å². The summed E-state index contributed by atoms with van der Waals surface area (Å²) >= 11 is 0. The maximum atomic E-state index is 13.5. The molecule has 0 N–H and O–H groups in total. The third kappa shape index (κ3) is 2.43. The number of para-hydroxylation sites is 1. The Bertz CT molecular complexity index is 956. The van der Waals surface area contributed by atoms with Crippen LogP contribution in [0.3, 0.4) is 0 Å². The van der Waals surface area contributed by atoms with E-state index in [-0.39, 0.29) is 5.78 Å². The Hall–Kier alpha value is -2.48. The largest absolute Gasteiger partial charge is 0.289 e. The third-order valence-corrected chi connectivity index (χ3v) is 5.03. The maximum Gasteiger partial charge on any atom is 0.194 e. The summed E-state index contributed by atoms with van der Waals surface area (Å²) in [6.45, 7) is 4.05. The standard InChI is InChI=1S/C22H21NO/c1-14-11-12-15(2)18(13-14)22(24)21-16-7-3-5-9-19(16)23-20-10-6-4-8-17(20)21/h3,5,7,9,11-13H,4,6,8,10H2,1-2H3. The molecule has 2 heteroatoms. The smallest absolute Gasteiger partial charge is 0.194 e. The highest BCUT2D eigenvalue weighted by molar-refractivity contribution is 6.17. The van der Waals surface area contributed by atoms with Crippen LogP contribution in [0, 0.1) is 13.8 Å². The van der Waals surface area contributed by atoms with Gasteiger partial charge in [0.1, 0.15) is 0 Å². The molecule has 0 atom stereocenters. The molecule has 0 fully saturated rings. The zero-order valence-corrected chi connectivity index (χ0v) is 14.2. The van der Waals surface area contributed by atoms with E-state index in [9.17, 15) is 4.79 Å². The fourth-order valence-corrected chi connectivity index (χ4v) is 3.75. The van der Waals surface area contributed by atoms with Gasteiger partial charge in [0.2, 0.25) is 0 Å². The molecule has 1 aromatic heterocycles. The van der Waals surface area contributed by atoms with E-state index in [1.54, 1.807) is 0 Å². The SMILES string of the molecule is Cc1ccc(C)c(C(=O)c2c3c(nc4ccccc24)CCCC3)c1. The first-order valence-corrected chi connectivity index (χ1v) is 8.67. The van der Waals surface area contributed by atoms with Crippen molar-refractivity contribution in [2.24, 2.45) is 0 Å². The maximum absolute atomic E-state index is 13.5. The number of fused-ring (bicyclic) bond motifs is 2. The molecule has 2 aromatic carbocycles. The molecule has 0 bridgehead atoms. The average Bonchev–Trinajstić information content (AvgIpc) is 2.61. The monoisotopic (exact) mass is 315 g/mol. The van der Waals surface area contributed by atoms with Gasteiger partial charge in [-0.15, -0.1) is 0 Å². The van der Waals surface area contributed by atoms with E-state index in [0.29, 0.717) is 0 Å². The Morgan fingerprint density at radius 3 is 2.67 bits per heavy atom. The van der Waals surface area contributed by atoms with Crippen LogP contribution in [0.25, 0.3) is 10.9 Å². The highest BCUT2D eigenvalue weighted by Crippen LogP contribution is 2.31. The van der Waals surface area contributed by atoms with Gasteiger partial charge in [0.15, 0.2) is 5.78 Å². The number of rotatable bonds is 2. The summed E-state index contributed by atoms with van der Waals surface area (Å²) in [4.78, 5) is 18.3. The van der Waals surface area contributed by atoms with Gasteiger partial charge in [0, 0.05) is 22.2 Å². The van der Waals surface area contributed by atoms with Crippen molar-refractivity contribution in [2.45, 2.75) is 39.5 Å². The highest BCUT2D eigenvalue weighted by atomic mass is 16.1. The molecule has 120 valence electrons. The van der Waals surface area contributed by atoms with Gasteiger partial charge in [-0.05, 0) is 62.8 Å². The Labute approximate surface area is 142 Å². The number of aromatic nitrogens is 1. The molecule has 1 aliphatic rings. The Morgan fingerprint density at radius 1 is 1.00 bits per heavy atom. The molecule has 0 saturated carbocycles. The van der Waals surface area contributed by atoms with E-state index < -0.39 is 0 Å². The van der Waals surface area contributed by atoms with E-state index in [1.165, 1.54) is 5.56 Å². The van der Waals surface area contributed by atoms with Crippen LogP contribution in [0.2, 0.25) is 0 Å².